The summed E-state index contributed by atoms with van der Waals surface area (Å²) >= 11 is 0. The van der Waals surface area contributed by atoms with Gasteiger partial charge < -0.3 is 18.7 Å². The van der Waals surface area contributed by atoms with Crippen LogP contribution >= 0.6 is 0 Å². The summed E-state index contributed by atoms with van der Waals surface area (Å²) in [5.74, 6) is 2.41. The molecule has 32 heavy (non-hydrogen) atoms. The van der Waals surface area contributed by atoms with Crippen LogP contribution in [0.1, 0.15) is 24.7 Å². The predicted octanol–water partition coefficient (Wildman–Crippen LogP) is 3.08. The highest BCUT2D eigenvalue weighted by atomic mass is 32.2. The SMILES string of the molecule is COc1cccc(-c2noc([C@H]3CCCN(S(=O)(=O)c4ccc5c(c4)OCCO5)C3)n2)c1. The molecule has 0 aliphatic carbocycles. The van der Waals surface area contributed by atoms with Crippen LogP contribution in [0.5, 0.6) is 17.2 Å². The topological polar surface area (TPSA) is 104 Å². The number of aromatic nitrogens is 2. The Kier molecular flexibility index (Phi) is 5.48. The van der Waals surface area contributed by atoms with Crippen molar-refractivity contribution in [1.82, 2.24) is 14.4 Å². The van der Waals surface area contributed by atoms with Crippen molar-refractivity contribution in [2.45, 2.75) is 23.7 Å². The minimum Gasteiger partial charge on any atom is -0.497 e. The van der Waals surface area contributed by atoms with Crippen LogP contribution in [-0.2, 0) is 10.0 Å². The minimum atomic E-state index is -3.70. The van der Waals surface area contributed by atoms with Gasteiger partial charge in [-0.15, -0.1) is 0 Å². The van der Waals surface area contributed by atoms with Gasteiger partial charge in [-0.25, -0.2) is 8.42 Å². The lowest BCUT2D eigenvalue weighted by atomic mass is 10.00. The van der Waals surface area contributed by atoms with E-state index in [0.717, 1.165) is 12.0 Å². The van der Waals surface area contributed by atoms with E-state index in [4.69, 9.17) is 18.7 Å². The Balaban J connectivity index is 1.36. The molecule has 0 N–H and O–H groups in total. The van der Waals surface area contributed by atoms with Gasteiger partial charge >= 0.3 is 0 Å². The molecular formula is C22H23N3O6S. The Labute approximate surface area is 185 Å². The largest absolute Gasteiger partial charge is 0.497 e. The van der Waals surface area contributed by atoms with Crippen molar-refractivity contribution >= 4 is 10.0 Å². The predicted molar refractivity (Wildman–Crippen MR) is 114 cm³/mol. The van der Waals surface area contributed by atoms with E-state index in [0.29, 0.717) is 55.1 Å². The lowest BCUT2D eigenvalue weighted by Crippen LogP contribution is -2.39. The van der Waals surface area contributed by atoms with Crippen molar-refractivity contribution < 1.29 is 27.2 Å². The highest BCUT2D eigenvalue weighted by Gasteiger charge is 2.34. The molecule has 0 amide bonds. The van der Waals surface area contributed by atoms with Gasteiger partial charge in [0.25, 0.3) is 0 Å². The number of hydrogen-bond donors (Lipinski definition) is 0. The summed E-state index contributed by atoms with van der Waals surface area (Å²) in [5, 5.41) is 4.09. The highest BCUT2D eigenvalue weighted by molar-refractivity contribution is 7.89. The molecule has 1 aromatic heterocycles. The molecule has 168 valence electrons. The van der Waals surface area contributed by atoms with Crippen LogP contribution in [-0.4, -0.2) is 56.3 Å². The second-order valence-corrected chi connectivity index (χ2v) is 9.63. The maximum Gasteiger partial charge on any atom is 0.243 e. The van der Waals surface area contributed by atoms with Crippen LogP contribution in [0.25, 0.3) is 11.4 Å². The zero-order valence-corrected chi connectivity index (χ0v) is 18.4. The molecule has 0 unspecified atom stereocenters. The Hall–Kier alpha value is -3.11. The number of rotatable bonds is 5. The van der Waals surface area contributed by atoms with Gasteiger partial charge in [0.2, 0.25) is 21.7 Å². The first-order valence-corrected chi connectivity index (χ1v) is 11.9. The van der Waals surface area contributed by atoms with Crippen molar-refractivity contribution in [3.63, 3.8) is 0 Å². The quantitative estimate of drug-likeness (QED) is 0.576. The van der Waals surface area contributed by atoms with Crippen molar-refractivity contribution in [3.8, 4) is 28.6 Å². The van der Waals surface area contributed by atoms with Crippen molar-refractivity contribution in [2.24, 2.45) is 0 Å². The fourth-order valence-electron chi connectivity index (χ4n) is 3.98. The third-order valence-electron chi connectivity index (χ3n) is 5.65. The van der Waals surface area contributed by atoms with Crippen LogP contribution in [0.4, 0.5) is 0 Å². The van der Waals surface area contributed by atoms with E-state index in [-0.39, 0.29) is 17.4 Å². The molecule has 10 heteroatoms. The van der Waals surface area contributed by atoms with Gasteiger partial charge in [-0.3, -0.25) is 0 Å². The maximum absolute atomic E-state index is 13.3. The molecule has 2 aliphatic heterocycles. The number of hydrogen-bond acceptors (Lipinski definition) is 8. The normalized spacial score (nSPS) is 19.0. The number of nitrogens with zero attached hydrogens (tertiary/aromatic N) is 3. The molecule has 0 spiro atoms. The molecule has 2 aromatic carbocycles. The summed E-state index contributed by atoms with van der Waals surface area (Å²) in [6.07, 6.45) is 1.47. The Morgan fingerprint density at radius 2 is 1.94 bits per heavy atom. The molecule has 9 nitrogen and oxygen atoms in total. The summed E-state index contributed by atoms with van der Waals surface area (Å²) < 4.78 is 49.9. The Morgan fingerprint density at radius 3 is 2.78 bits per heavy atom. The summed E-state index contributed by atoms with van der Waals surface area (Å²) in [6, 6.07) is 12.1. The van der Waals surface area contributed by atoms with E-state index < -0.39 is 10.0 Å². The van der Waals surface area contributed by atoms with Crippen molar-refractivity contribution in [1.29, 1.82) is 0 Å². The maximum atomic E-state index is 13.3. The van der Waals surface area contributed by atoms with Gasteiger partial charge in [0.1, 0.15) is 19.0 Å². The fourth-order valence-corrected chi connectivity index (χ4v) is 5.52. The number of benzene rings is 2. The van der Waals surface area contributed by atoms with Crippen molar-refractivity contribution in [3.05, 3.63) is 48.4 Å². The monoisotopic (exact) mass is 457 g/mol. The first kappa shape index (κ1) is 20.8. The van der Waals surface area contributed by atoms with E-state index in [1.807, 2.05) is 24.3 Å². The standard InChI is InChI=1S/C22H23N3O6S/c1-28-17-6-2-4-15(12-17)21-23-22(31-24-21)16-5-3-9-25(14-16)32(26,27)18-7-8-19-20(13-18)30-11-10-29-19/h2,4,6-8,12-13,16H,3,5,9-11,14H2,1H3/t16-/m0/s1. The number of fused-ring (bicyclic) bond motifs is 1. The third kappa shape index (κ3) is 3.91. The molecule has 3 aromatic rings. The number of ether oxygens (including phenoxy) is 3. The molecular weight excluding hydrogens is 434 g/mol. The fraction of sp³-hybridized carbons (Fsp3) is 0.364. The second-order valence-electron chi connectivity index (χ2n) is 7.70. The molecule has 0 saturated carbocycles. The number of piperidine rings is 1. The molecule has 0 bridgehead atoms. The summed E-state index contributed by atoms with van der Waals surface area (Å²) in [6.45, 7) is 1.56. The summed E-state index contributed by atoms with van der Waals surface area (Å²) in [5.41, 5.74) is 0.774. The van der Waals surface area contributed by atoms with Crippen LogP contribution in [0.15, 0.2) is 51.9 Å². The van der Waals surface area contributed by atoms with E-state index in [9.17, 15) is 8.42 Å². The van der Waals surface area contributed by atoms with E-state index >= 15 is 0 Å². The first-order valence-electron chi connectivity index (χ1n) is 10.4. The van der Waals surface area contributed by atoms with Crippen LogP contribution < -0.4 is 14.2 Å². The highest BCUT2D eigenvalue weighted by Crippen LogP contribution is 2.35. The zero-order chi connectivity index (χ0) is 22.1. The molecule has 1 atom stereocenters. The Bertz CT molecular complexity index is 1230. The van der Waals surface area contributed by atoms with Crippen LogP contribution in [0.2, 0.25) is 0 Å². The lowest BCUT2D eigenvalue weighted by Gasteiger charge is -2.30. The molecule has 3 heterocycles. The second kappa shape index (κ2) is 8.44. The van der Waals surface area contributed by atoms with Gasteiger partial charge in [-0.05, 0) is 37.1 Å². The third-order valence-corrected chi connectivity index (χ3v) is 7.52. The zero-order valence-electron chi connectivity index (χ0n) is 17.6. The smallest absolute Gasteiger partial charge is 0.243 e. The summed E-state index contributed by atoms with van der Waals surface area (Å²) in [4.78, 5) is 4.72. The Morgan fingerprint density at radius 1 is 1.09 bits per heavy atom. The van der Waals surface area contributed by atoms with Crippen molar-refractivity contribution in [2.75, 3.05) is 33.4 Å². The van der Waals surface area contributed by atoms with Gasteiger partial charge in [-0.1, -0.05) is 17.3 Å². The number of sulfonamides is 1. The average molecular weight is 458 g/mol. The molecule has 2 aliphatic rings. The lowest BCUT2D eigenvalue weighted by molar-refractivity contribution is 0.171. The summed E-state index contributed by atoms with van der Waals surface area (Å²) in [7, 11) is -2.10. The van der Waals surface area contributed by atoms with Crippen LogP contribution in [0.3, 0.4) is 0 Å². The minimum absolute atomic E-state index is 0.178. The first-order chi connectivity index (χ1) is 15.5. The molecule has 1 saturated heterocycles. The molecule has 0 radical (unpaired) electrons. The van der Waals surface area contributed by atoms with E-state index in [1.165, 1.54) is 10.4 Å². The van der Waals surface area contributed by atoms with Crippen LogP contribution in [0, 0.1) is 0 Å². The van der Waals surface area contributed by atoms with Gasteiger partial charge in [0, 0.05) is 24.7 Å². The average Bonchev–Trinajstić information content (AvgIpc) is 3.34. The van der Waals surface area contributed by atoms with Gasteiger partial charge in [0.05, 0.1) is 17.9 Å². The van der Waals surface area contributed by atoms with E-state index in [2.05, 4.69) is 10.1 Å². The van der Waals surface area contributed by atoms with E-state index in [1.54, 1.807) is 19.2 Å². The van der Waals surface area contributed by atoms with Gasteiger partial charge in [0.15, 0.2) is 11.5 Å². The molecule has 5 rings (SSSR count). The molecule has 1 fully saturated rings. The van der Waals surface area contributed by atoms with Gasteiger partial charge in [-0.2, -0.15) is 9.29 Å². The number of methoxy groups -OCH3 is 1.